The summed E-state index contributed by atoms with van der Waals surface area (Å²) < 4.78 is 11.2. The molecule has 7 heteroatoms. The smallest absolute Gasteiger partial charge is 0.270 e. The minimum atomic E-state index is -0.538. The van der Waals surface area contributed by atoms with Gasteiger partial charge in [-0.15, -0.1) is 0 Å². The van der Waals surface area contributed by atoms with E-state index < -0.39 is 4.92 Å². The molecule has 0 radical (unpaired) electrons. The van der Waals surface area contributed by atoms with Crippen molar-refractivity contribution in [1.29, 1.82) is 0 Å². The molecule has 0 aliphatic carbocycles. The number of nitro benzene ring substituents is 1. The topological polar surface area (TPSA) is 78.7 Å². The van der Waals surface area contributed by atoms with Crippen LogP contribution in [0.3, 0.4) is 0 Å². The fourth-order valence-electron chi connectivity index (χ4n) is 2.33. The van der Waals surface area contributed by atoms with Gasteiger partial charge in [-0.05, 0) is 37.1 Å². The summed E-state index contributed by atoms with van der Waals surface area (Å²) in [5, 5.41) is 11.2. The maximum atomic E-state index is 12.3. The zero-order valence-electron chi connectivity index (χ0n) is 15.1. The Morgan fingerprint density at radius 3 is 2.67 bits per heavy atom. The van der Waals surface area contributed by atoms with Crippen LogP contribution >= 0.6 is 11.6 Å². The number of carbonyl (C=O) groups is 1. The molecule has 27 heavy (non-hydrogen) atoms. The highest BCUT2D eigenvalue weighted by molar-refractivity contribution is 6.32. The van der Waals surface area contributed by atoms with Gasteiger partial charge in [-0.3, -0.25) is 14.9 Å². The number of carbonyl (C=O) groups excluding carboxylic acids is 1. The Morgan fingerprint density at radius 2 is 2.00 bits per heavy atom. The van der Waals surface area contributed by atoms with Crippen molar-refractivity contribution in [3.8, 4) is 11.5 Å². The summed E-state index contributed by atoms with van der Waals surface area (Å²) >= 11 is 6.30. The van der Waals surface area contributed by atoms with E-state index in [2.05, 4.69) is 0 Å². The van der Waals surface area contributed by atoms with Crippen LogP contribution in [0, 0.1) is 10.1 Å². The van der Waals surface area contributed by atoms with E-state index in [9.17, 15) is 14.9 Å². The predicted octanol–water partition coefficient (Wildman–Crippen LogP) is 5.33. The molecule has 6 nitrogen and oxygen atoms in total. The van der Waals surface area contributed by atoms with Crippen LogP contribution in [0.5, 0.6) is 11.5 Å². The fourth-order valence-corrected chi connectivity index (χ4v) is 2.61. The van der Waals surface area contributed by atoms with E-state index in [0.717, 1.165) is 6.42 Å². The molecule has 0 amide bonds. The summed E-state index contributed by atoms with van der Waals surface area (Å²) in [7, 11) is 0. The number of ketones is 1. The highest BCUT2D eigenvalue weighted by Gasteiger charge is 2.13. The number of nitrogens with zero attached hydrogens (tertiary/aromatic N) is 1. The number of halogens is 1. The molecule has 0 fully saturated rings. The van der Waals surface area contributed by atoms with Crippen LogP contribution in [0.1, 0.15) is 36.2 Å². The van der Waals surface area contributed by atoms with E-state index >= 15 is 0 Å². The van der Waals surface area contributed by atoms with E-state index in [4.69, 9.17) is 21.1 Å². The normalized spacial score (nSPS) is 10.8. The zero-order chi connectivity index (χ0) is 19.8. The number of allylic oxidation sites excluding steroid dienone is 1. The van der Waals surface area contributed by atoms with E-state index in [1.165, 1.54) is 30.3 Å². The molecule has 0 aliphatic rings. The molecule has 0 spiro atoms. The van der Waals surface area contributed by atoms with Crippen LogP contribution in [0.4, 0.5) is 5.69 Å². The number of ether oxygens (including phenoxy) is 2. The van der Waals surface area contributed by atoms with E-state index in [1.807, 2.05) is 13.8 Å². The number of hydrogen-bond donors (Lipinski definition) is 0. The van der Waals surface area contributed by atoms with Crippen molar-refractivity contribution in [2.24, 2.45) is 0 Å². The first-order chi connectivity index (χ1) is 13.0. The van der Waals surface area contributed by atoms with E-state index in [1.54, 1.807) is 18.2 Å². The number of benzene rings is 2. The summed E-state index contributed by atoms with van der Waals surface area (Å²) in [6.07, 6.45) is 3.76. The first-order valence-electron chi connectivity index (χ1n) is 8.52. The third kappa shape index (κ3) is 5.56. The number of hydrogen-bond acceptors (Lipinski definition) is 5. The Hall–Kier alpha value is -2.86. The van der Waals surface area contributed by atoms with Crippen LogP contribution in [0.25, 0.3) is 6.08 Å². The largest absolute Gasteiger partial charge is 0.490 e. The zero-order valence-corrected chi connectivity index (χ0v) is 15.9. The quantitative estimate of drug-likeness (QED) is 0.250. The summed E-state index contributed by atoms with van der Waals surface area (Å²) in [5.41, 5.74) is 0.763. The molecule has 0 heterocycles. The van der Waals surface area contributed by atoms with E-state index in [0.29, 0.717) is 35.3 Å². The van der Waals surface area contributed by atoms with Gasteiger partial charge in [0.2, 0.25) is 0 Å². The lowest BCUT2D eigenvalue weighted by Gasteiger charge is -2.14. The average molecular weight is 390 g/mol. The molecule has 0 bridgehead atoms. The summed E-state index contributed by atoms with van der Waals surface area (Å²) in [6.45, 7) is 4.80. The van der Waals surface area contributed by atoms with Gasteiger partial charge >= 0.3 is 0 Å². The fraction of sp³-hybridized carbons (Fsp3) is 0.250. The van der Waals surface area contributed by atoms with Gasteiger partial charge in [-0.2, -0.15) is 0 Å². The second-order valence-electron chi connectivity index (χ2n) is 5.62. The Labute approximate surface area is 162 Å². The number of nitro groups is 1. The highest BCUT2D eigenvalue weighted by Crippen LogP contribution is 2.37. The molecule has 0 N–H and O–H groups in total. The molecule has 0 aromatic heterocycles. The Balaban J connectivity index is 2.26. The van der Waals surface area contributed by atoms with Crippen LogP contribution in [-0.4, -0.2) is 23.9 Å². The van der Waals surface area contributed by atoms with Crippen molar-refractivity contribution >= 4 is 29.1 Å². The summed E-state index contributed by atoms with van der Waals surface area (Å²) in [4.78, 5) is 22.6. The first-order valence-corrected chi connectivity index (χ1v) is 8.90. The van der Waals surface area contributed by atoms with Crippen LogP contribution < -0.4 is 9.47 Å². The molecule has 2 rings (SSSR count). The first kappa shape index (κ1) is 20.5. The highest BCUT2D eigenvalue weighted by atomic mass is 35.5. The number of non-ortho nitro benzene ring substituents is 1. The lowest BCUT2D eigenvalue weighted by molar-refractivity contribution is -0.384. The summed E-state index contributed by atoms with van der Waals surface area (Å²) in [6, 6.07) is 8.99. The van der Waals surface area contributed by atoms with Crippen LogP contribution in [0.15, 0.2) is 42.5 Å². The Bertz CT molecular complexity index is 863. The molecule has 0 atom stereocenters. The van der Waals surface area contributed by atoms with Crippen molar-refractivity contribution in [2.75, 3.05) is 13.2 Å². The molecule has 2 aromatic carbocycles. The molecular weight excluding hydrogens is 370 g/mol. The van der Waals surface area contributed by atoms with Crippen LogP contribution in [0.2, 0.25) is 5.02 Å². The van der Waals surface area contributed by atoms with Gasteiger partial charge in [-0.25, -0.2) is 0 Å². The molecular formula is C20H20ClNO5. The van der Waals surface area contributed by atoms with Gasteiger partial charge in [0.05, 0.1) is 23.2 Å². The minimum absolute atomic E-state index is 0.131. The molecule has 0 saturated carbocycles. The summed E-state index contributed by atoms with van der Waals surface area (Å²) in [5.74, 6) is 0.627. The molecule has 0 aliphatic heterocycles. The Kier molecular flexibility index (Phi) is 7.37. The average Bonchev–Trinajstić information content (AvgIpc) is 2.65. The van der Waals surface area contributed by atoms with Gasteiger partial charge in [0.15, 0.2) is 17.3 Å². The molecule has 0 saturated heterocycles. The monoisotopic (exact) mass is 389 g/mol. The maximum Gasteiger partial charge on any atom is 0.270 e. The van der Waals surface area contributed by atoms with E-state index in [-0.39, 0.29) is 17.0 Å². The van der Waals surface area contributed by atoms with Gasteiger partial charge in [0.1, 0.15) is 0 Å². The van der Waals surface area contributed by atoms with Crippen molar-refractivity contribution in [2.45, 2.75) is 20.3 Å². The van der Waals surface area contributed by atoms with Crippen molar-refractivity contribution in [1.82, 2.24) is 0 Å². The molecule has 142 valence electrons. The van der Waals surface area contributed by atoms with Gasteiger partial charge in [0.25, 0.3) is 5.69 Å². The van der Waals surface area contributed by atoms with Crippen molar-refractivity contribution in [3.05, 3.63) is 68.7 Å². The second kappa shape index (κ2) is 9.73. The standard InChI is InChI=1S/C20H20ClNO5/c1-3-10-27-20-17(21)11-14(12-19(20)26-4-2)8-9-18(23)15-6-5-7-16(13-15)22(24)25/h5-9,11-13H,3-4,10H2,1-2H3/b9-8+. The van der Waals surface area contributed by atoms with Crippen molar-refractivity contribution < 1.29 is 19.2 Å². The SMILES string of the molecule is CCCOc1c(Cl)cc(/C=C/C(=O)c2cccc([N+](=O)[O-])c2)cc1OCC. The predicted molar refractivity (Wildman–Crippen MR) is 105 cm³/mol. The lowest BCUT2D eigenvalue weighted by atomic mass is 10.1. The maximum absolute atomic E-state index is 12.3. The number of rotatable bonds is 9. The minimum Gasteiger partial charge on any atom is -0.490 e. The van der Waals surface area contributed by atoms with Gasteiger partial charge in [0, 0.05) is 17.7 Å². The van der Waals surface area contributed by atoms with Gasteiger partial charge < -0.3 is 9.47 Å². The third-order valence-corrected chi connectivity index (χ3v) is 3.83. The van der Waals surface area contributed by atoms with Crippen LogP contribution in [-0.2, 0) is 0 Å². The van der Waals surface area contributed by atoms with Gasteiger partial charge in [-0.1, -0.05) is 36.7 Å². The Morgan fingerprint density at radius 1 is 1.22 bits per heavy atom. The lowest BCUT2D eigenvalue weighted by Crippen LogP contribution is -2.01. The van der Waals surface area contributed by atoms with Crippen molar-refractivity contribution in [3.63, 3.8) is 0 Å². The molecule has 0 unspecified atom stereocenters. The second-order valence-corrected chi connectivity index (χ2v) is 6.02. The third-order valence-electron chi connectivity index (χ3n) is 3.55. The molecule has 2 aromatic rings.